The Morgan fingerprint density at radius 3 is 2.38 bits per heavy atom. The first-order chi connectivity index (χ1) is 12.6. The summed E-state index contributed by atoms with van der Waals surface area (Å²) in [6.07, 6.45) is 2.92. The fourth-order valence-corrected chi connectivity index (χ4v) is 3.41. The van der Waals surface area contributed by atoms with Crippen LogP contribution in [0.2, 0.25) is 0 Å². The van der Waals surface area contributed by atoms with Gasteiger partial charge in [-0.1, -0.05) is 43.3 Å². The fourth-order valence-electron chi connectivity index (χ4n) is 2.62. The maximum Gasteiger partial charge on any atom is 0.134 e. The molecule has 0 spiro atoms. The number of allylic oxidation sites excluding steroid dienone is 1. The zero-order valence-electron chi connectivity index (χ0n) is 15.2. The summed E-state index contributed by atoms with van der Waals surface area (Å²) < 4.78 is 0. The van der Waals surface area contributed by atoms with Crippen molar-refractivity contribution in [1.29, 1.82) is 5.26 Å². The van der Waals surface area contributed by atoms with E-state index in [2.05, 4.69) is 47.1 Å². The largest absolute Gasteiger partial charge is 0.378 e. The summed E-state index contributed by atoms with van der Waals surface area (Å²) in [5, 5.41) is 12.3. The minimum Gasteiger partial charge on any atom is -0.378 e. The number of aromatic nitrogens is 1. The Hall–Kier alpha value is -2.90. The van der Waals surface area contributed by atoms with Crippen LogP contribution in [0.1, 0.15) is 23.1 Å². The molecule has 3 nitrogen and oxygen atoms in total. The topological polar surface area (TPSA) is 39.9 Å². The van der Waals surface area contributed by atoms with E-state index in [1.807, 2.05) is 49.8 Å². The maximum absolute atomic E-state index is 9.57. The van der Waals surface area contributed by atoms with Crippen molar-refractivity contribution in [3.05, 3.63) is 70.0 Å². The van der Waals surface area contributed by atoms with Crippen LogP contribution in [0, 0.1) is 11.3 Å². The third-order valence-electron chi connectivity index (χ3n) is 4.23. The normalized spacial score (nSPS) is 11.2. The number of nitrogens with zero attached hydrogens (tertiary/aromatic N) is 3. The summed E-state index contributed by atoms with van der Waals surface area (Å²) in [6, 6.07) is 18.8. The number of anilines is 1. The molecule has 0 unspecified atom stereocenters. The summed E-state index contributed by atoms with van der Waals surface area (Å²) in [4.78, 5) is 6.72. The zero-order chi connectivity index (χ0) is 18.5. The minimum atomic E-state index is 0.587. The van der Waals surface area contributed by atoms with Crippen LogP contribution in [0.25, 0.3) is 22.9 Å². The molecule has 3 rings (SSSR count). The quantitative estimate of drug-likeness (QED) is 0.565. The lowest BCUT2D eigenvalue weighted by molar-refractivity contribution is 1.13. The van der Waals surface area contributed by atoms with Crippen molar-refractivity contribution in [2.75, 3.05) is 19.0 Å². The predicted octanol–water partition coefficient (Wildman–Crippen LogP) is 5.50. The molecule has 0 saturated carbocycles. The van der Waals surface area contributed by atoms with Crippen LogP contribution in [0.4, 0.5) is 5.69 Å². The standard InChI is InChI=1S/C22H21N3S/c1-4-16-5-9-18(10-6-16)21-15-26-22(24-21)19(14-23)13-17-7-11-20(12-8-17)25(2)3/h5-13,15H,4H2,1-3H3. The van der Waals surface area contributed by atoms with Gasteiger partial charge in [-0.25, -0.2) is 4.98 Å². The highest BCUT2D eigenvalue weighted by Crippen LogP contribution is 2.27. The molecule has 26 heavy (non-hydrogen) atoms. The Morgan fingerprint density at radius 1 is 1.12 bits per heavy atom. The molecule has 3 aromatic rings. The monoisotopic (exact) mass is 359 g/mol. The smallest absolute Gasteiger partial charge is 0.134 e. The van der Waals surface area contributed by atoms with Crippen molar-refractivity contribution in [2.24, 2.45) is 0 Å². The van der Waals surface area contributed by atoms with E-state index in [-0.39, 0.29) is 0 Å². The summed E-state index contributed by atoms with van der Waals surface area (Å²) in [6.45, 7) is 2.14. The summed E-state index contributed by atoms with van der Waals surface area (Å²) in [5.41, 5.74) is 6.02. The molecule has 0 aliphatic heterocycles. The van der Waals surface area contributed by atoms with Gasteiger partial charge in [0.1, 0.15) is 11.1 Å². The molecule has 0 aliphatic rings. The van der Waals surface area contributed by atoms with Crippen molar-refractivity contribution in [2.45, 2.75) is 13.3 Å². The zero-order valence-corrected chi connectivity index (χ0v) is 16.0. The van der Waals surface area contributed by atoms with E-state index in [4.69, 9.17) is 0 Å². The van der Waals surface area contributed by atoms with Gasteiger partial charge in [-0.15, -0.1) is 11.3 Å². The fraction of sp³-hybridized carbons (Fsp3) is 0.182. The average molecular weight is 359 g/mol. The van der Waals surface area contributed by atoms with Crippen molar-refractivity contribution in [3.8, 4) is 17.3 Å². The van der Waals surface area contributed by atoms with Gasteiger partial charge in [0.2, 0.25) is 0 Å². The van der Waals surface area contributed by atoms with E-state index in [9.17, 15) is 5.26 Å². The Bertz CT molecular complexity index is 942. The third kappa shape index (κ3) is 4.01. The molecule has 0 fully saturated rings. The van der Waals surface area contributed by atoms with Gasteiger partial charge in [-0.2, -0.15) is 5.26 Å². The minimum absolute atomic E-state index is 0.587. The van der Waals surface area contributed by atoms with Crippen LogP contribution in [-0.4, -0.2) is 19.1 Å². The van der Waals surface area contributed by atoms with Gasteiger partial charge in [-0.05, 0) is 35.8 Å². The van der Waals surface area contributed by atoms with Gasteiger partial charge in [0, 0.05) is 30.7 Å². The lowest BCUT2D eigenvalue weighted by atomic mass is 10.1. The molecule has 2 aromatic carbocycles. The van der Waals surface area contributed by atoms with Gasteiger partial charge < -0.3 is 4.90 Å². The summed E-state index contributed by atoms with van der Waals surface area (Å²) in [5.74, 6) is 0. The van der Waals surface area contributed by atoms with Crippen molar-refractivity contribution in [3.63, 3.8) is 0 Å². The number of aryl methyl sites for hydroxylation is 1. The number of nitriles is 1. The molecular weight excluding hydrogens is 338 g/mol. The first-order valence-corrected chi connectivity index (χ1v) is 9.43. The van der Waals surface area contributed by atoms with Crippen LogP contribution >= 0.6 is 11.3 Å². The molecule has 0 bridgehead atoms. The highest BCUT2D eigenvalue weighted by atomic mass is 32.1. The number of rotatable bonds is 5. The van der Waals surface area contributed by atoms with E-state index in [0.29, 0.717) is 5.57 Å². The Kier molecular flexibility index (Phi) is 5.50. The molecule has 0 saturated heterocycles. The van der Waals surface area contributed by atoms with Crippen LogP contribution < -0.4 is 4.90 Å². The average Bonchev–Trinajstić information content (AvgIpc) is 3.16. The van der Waals surface area contributed by atoms with Crippen molar-refractivity contribution < 1.29 is 0 Å². The Labute approximate surface area is 158 Å². The third-order valence-corrected chi connectivity index (χ3v) is 5.11. The number of benzene rings is 2. The number of thiazole rings is 1. The van der Waals surface area contributed by atoms with Crippen LogP contribution in [0.5, 0.6) is 0 Å². The van der Waals surface area contributed by atoms with Crippen molar-refractivity contribution in [1.82, 2.24) is 4.98 Å². The van der Waals surface area contributed by atoms with E-state index in [1.165, 1.54) is 16.9 Å². The molecule has 1 aromatic heterocycles. The van der Waals surface area contributed by atoms with E-state index in [1.54, 1.807) is 0 Å². The maximum atomic E-state index is 9.57. The lowest BCUT2D eigenvalue weighted by Gasteiger charge is -2.11. The van der Waals surface area contributed by atoms with Crippen LogP contribution in [0.15, 0.2) is 53.9 Å². The summed E-state index contributed by atoms with van der Waals surface area (Å²) in [7, 11) is 4.02. The van der Waals surface area contributed by atoms with E-state index < -0.39 is 0 Å². The van der Waals surface area contributed by atoms with Gasteiger partial charge in [0.05, 0.1) is 11.3 Å². The first-order valence-electron chi connectivity index (χ1n) is 8.55. The highest BCUT2D eigenvalue weighted by molar-refractivity contribution is 7.11. The molecule has 0 atom stereocenters. The number of hydrogen-bond acceptors (Lipinski definition) is 4. The highest BCUT2D eigenvalue weighted by Gasteiger charge is 2.09. The predicted molar refractivity (Wildman–Crippen MR) is 111 cm³/mol. The molecule has 4 heteroatoms. The SMILES string of the molecule is CCc1ccc(-c2csc(C(C#N)=Cc3ccc(N(C)C)cc3)n2)cc1. The van der Waals surface area contributed by atoms with Gasteiger partial charge in [0.15, 0.2) is 0 Å². The molecule has 0 amide bonds. The Morgan fingerprint density at radius 2 is 1.81 bits per heavy atom. The Balaban J connectivity index is 1.86. The number of hydrogen-bond donors (Lipinski definition) is 0. The first kappa shape index (κ1) is 17.9. The second-order valence-corrected chi connectivity index (χ2v) is 7.10. The summed E-state index contributed by atoms with van der Waals surface area (Å²) >= 11 is 1.50. The second kappa shape index (κ2) is 7.99. The van der Waals surface area contributed by atoms with Gasteiger partial charge in [0.25, 0.3) is 0 Å². The lowest BCUT2D eigenvalue weighted by Crippen LogP contribution is -2.07. The van der Waals surface area contributed by atoms with E-state index >= 15 is 0 Å². The van der Waals surface area contributed by atoms with Gasteiger partial charge in [-0.3, -0.25) is 0 Å². The molecule has 0 aliphatic carbocycles. The molecule has 0 N–H and O–H groups in total. The van der Waals surface area contributed by atoms with Gasteiger partial charge >= 0.3 is 0 Å². The molecular formula is C22H21N3S. The van der Waals surface area contributed by atoms with Crippen LogP contribution in [-0.2, 0) is 6.42 Å². The molecule has 0 radical (unpaired) electrons. The second-order valence-electron chi connectivity index (χ2n) is 6.24. The van der Waals surface area contributed by atoms with Crippen LogP contribution in [0.3, 0.4) is 0 Å². The van der Waals surface area contributed by atoms with E-state index in [0.717, 1.165) is 33.9 Å². The molecule has 1 heterocycles. The molecule has 130 valence electrons. The van der Waals surface area contributed by atoms with Crippen molar-refractivity contribution >= 4 is 28.7 Å².